The minimum Gasteiger partial charge on any atom is -0.481 e. The number of nitrogens with one attached hydrogen (secondary N) is 2. The fourth-order valence-corrected chi connectivity index (χ4v) is 2.81. The van der Waals surface area contributed by atoms with Gasteiger partial charge in [0, 0.05) is 13.0 Å². The molecular weight excluding hydrogens is 420 g/mol. The Morgan fingerprint density at radius 2 is 1.56 bits per heavy atom. The lowest BCUT2D eigenvalue weighted by Crippen LogP contribution is -2.54. The van der Waals surface area contributed by atoms with Crippen molar-refractivity contribution >= 4 is 29.7 Å². The number of hydrogen-bond acceptors (Lipinski definition) is 6. The van der Waals surface area contributed by atoms with Crippen molar-refractivity contribution in [3.8, 4) is 0 Å². The minimum absolute atomic E-state index is 0.0327. The zero-order chi connectivity index (χ0) is 24.1. The first-order valence-electron chi connectivity index (χ1n) is 10.0. The molecule has 0 heterocycles. The largest absolute Gasteiger partial charge is 0.481 e. The van der Waals surface area contributed by atoms with Crippen LogP contribution in [0.5, 0.6) is 0 Å². The molecule has 1 aromatic rings. The Morgan fingerprint density at radius 3 is 2.12 bits per heavy atom. The Labute approximate surface area is 185 Å². The number of rotatable bonds is 14. The molecule has 0 saturated carbocycles. The van der Waals surface area contributed by atoms with Gasteiger partial charge in [0.15, 0.2) is 5.96 Å². The van der Waals surface area contributed by atoms with Gasteiger partial charge in [-0.15, -0.1) is 0 Å². The second-order valence-electron chi connectivity index (χ2n) is 7.14. The summed E-state index contributed by atoms with van der Waals surface area (Å²) in [6.45, 7) is 0.176. The van der Waals surface area contributed by atoms with Crippen molar-refractivity contribution in [1.82, 2.24) is 10.6 Å². The number of amides is 2. The van der Waals surface area contributed by atoms with Crippen LogP contribution in [-0.4, -0.2) is 64.6 Å². The molecule has 0 fully saturated rings. The van der Waals surface area contributed by atoms with Crippen LogP contribution >= 0.6 is 0 Å². The normalized spacial score (nSPS) is 13.3. The van der Waals surface area contributed by atoms with Crippen LogP contribution in [0.25, 0.3) is 0 Å². The van der Waals surface area contributed by atoms with Crippen molar-refractivity contribution in [2.45, 2.75) is 50.2 Å². The van der Waals surface area contributed by atoms with E-state index in [9.17, 15) is 24.3 Å². The van der Waals surface area contributed by atoms with Crippen LogP contribution in [0.1, 0.15) is 31.2 Å². The second kappa shape index (κ2) is 13.6. The summed E-state index contributed by atoms with van der Waals surface area (Å²) < 4.78 is 0. The Hall–Kier alpha value is -3.67. The molecule has 176 valence electrons. The number of hydrogen-bond donors (Lipinski definition) is 7. The highest BCUT2D eigenvalue weighted by Crippen LogP contribution is 2.06. The summed E-state index contributed by atoms with van der Waals surface area (Å²) in [6, 6.07) is 5.48. The van der Waals surface area contributed by atoms with Crippen molar-refractivity contribution in [3.63, 3.8) is 0 Å². The molecule has 0 aromatic heterocycles. The van der Waals surface area contributed by atoms with E-state index < -0.39 is 48.3 Å². The molecule has 0 saturated heterocycles. The maximum atomic E-state index is 12.6. The highest BCUT2D eigenvalue weighted by molar-refractivity contribution is 5.92. The van der Waals surface area contributed by atoms with Crippen LogP contribution in [-0.2, 0) is 25.6 Å². The SMILES string of the molecule is NC(N)=NCCC[C@H](NC(=O)[C@H](CCC(=O)O)NC(=O)[C@@H](N)Cc1ccccc1)C(=O)O. The van der Waals surface area contributed by atoms with Crippen LogP contribution in [0.2, 0.25) is 0 Å². The number of nitrogens with two attached hydrogens (primary N) is 3. The number of nitrogens with zero attached hydrogens (tertiary/aromatic N) is 1. The molecule has 0 unspecified atom stereocenters. The fourth-order valence-electron chi connectivity index (χ4n) is 2.81. The minimum atomic E-state index is -1.29. The van der Waals surface area contributed by atoms with Gasteiger partial charge in [0.25, 0.3) is 0 Å². The van der Waals surface area contributed by atoms with E-state index in [1.807, 2.05) is 6.07 Å². The van der Waals surface area contributed by atoms with Gasteiger partial charge in [-0.05, 0) is 31.2 Å². The lowest BCUT2D eigenvalue weighted by atomic mass is 10.0. The van der Waals surface area contributed by atoms with Crippen molar-refractivity contribution in [1.29, 1.82) is 0 Å². The van der Waals surface area contributed by atoms with E-state index in [2.05, 4.69) is 15.6 Å². The number of carbonyl (C=O) groups excluding carboxylic acids is 2. The summed E-state index contributed by atoms with van der Waals surface area (Å²) in [5.41, 5.74) is 17.2. The highest BCUT2D eigenvalue weighted by Gasteiger charge is 2.28. The summed E-state index contributed by atoms with van der Waals surface area (Å²) >= 11 is 0. The Balaban J connectivity index is 2.78. The smallest absolute Gasteiger partial charge is 0.326 e. The monoisotopic (exact) mass is 450 g/mol. The van der Waals surface area contributed by atoms with E-state index in [1.165, 1.54) is 0 Å². The van der Waals surface area contributed by atoms with E-state index in [1.54, 1.807) is 24.3 Å². The number of carbonyl (C=O) groups is 4. The molecule has 0 spiro atoms. The molecule has 1 rings (SSSR count). The van der Waals surface area contributed by atoms with E-state index in [0.29, 0.717) is 0 Å². The van der Waals surface area contributed by atoms with Gasteiger partial charge in [-0.2, -0.15) is 0 Å². The third-order valence-corrected chi connectivity index (χ3v) is 4.47. The quantitative estimate of drug-likeness (QED) is 0.0996. The van der Waals surface area contributed by atoms with Crippen LogP contribution in [0.15, 0.2) is 35.3 Å². The number of aliphatic carboxylic acids is 2. The number of carboxylic acids is 2. The van der Waals surface area contributed by atoms with E-state index in [-0.39, 0.29) is 38.2 Å². The van der Waals surface area contributed by atoms with Gasteiger partial charge in [-0.25, -0.2) is 4.79 Å². The molecule has 1 aromatic carbocycles. The van der Waals surface area contributed by atoms with Crippen molar-refractivity contribution in [2.75, 3.05) is 6.54 Å². The zero-order valence-electron chi connectivity index (χ0n) is 17.6. The second-order valence-corrected chi connectivity index (χ2v) is 7.14. The van der Waals surface area contributed by atoms with Crippen LogP contribution in [0.4, 0.5) is 0 Å². The van der Waals surface area contributed by atoms with Gasteiger partial charge in [-0.1, -0.05) is 30.3 Å². The third kappa shape index (κ3) is 10.4. The fraction of sp³-hybridized carbons (Fsp3) is 0.450. The van der Waals surface area contributed by atoms with E-state index in [4.69, 9.17) is 22.3 Å². The molecule has 12 heteroatoms. The van der Waals surface area contributed by atoms with Crippen LogP contribution in [0, 0.1) is 0 Å². The summed E-state index contributed by atoms with van der Waals surface area (Å²) in [5.74, 6) is -4.06. The van der Waals surface area contributed by atoms with Gasteiger partial charge < -0.3 is 38.0 Å². The summed E-state index contributed by atoms with van der Waals surface area (Å²) in [6.07, 6.45) is -0.115. The first kappa shape index (κ1) is 26.4. The average molecular weight is 450 g/mol. The topological polar surface area (TPSA) is 223 Å². The molecule has 32 heavy (non-hydrogen) atoms. The molecule has 0 aliphatic carbocycles. The third-order valence-electron chi connectivity index (χ3n) is 4.47. The molecule has 0 aliphatic heterocycles. The van der Waals surface area contributed by atoms with E-state index >= 15 is 0 Å². The van der Waals surface area contributed by atoms with Crippen molar-refractivity contribution in [2.24, 2.45) is 22.2 Å². The predicted octanol–water partition coefficient (Wildman–Crippen LogP) is -1.47. The average Bonchev–Trinajstić information content (AvgIpc) is 2.73. The first-order valence-corrected chi connectivity index (χ1v) is 10.0. The number of guanidine groups is 1. The zero-order valence-corrected chi connectivity index (χ0v) is 17.6. The number of carboxylic acid groups (broad SMARTS) is 2. The molecule has 3 atom stereocenters. The Morgan fingerprint density at radius 1 is 0.938 bits per heavy atom. The predicted molar refractivity (Wildman–Crippen MR) is 116 cm³/mol. The van der Waals surface area contributed by atoms with Crippen molar-refractivity contribution < 1.29 is 29.4 Å². The van der Waals surface area contributed by atoms with Crippen LogP contribution < -0.4 is 27.8 Å². The molecule has 0 bridgehead atoms. The highest BCUT2D eigenvalue weighted by atomic mass is 16.4. The first-order chi connectivity index (χ1) is 15.1. The van der Waals surface area contributed by atoms with Gasteiger partial charge in [0.2, 0.25) is 11.8 Å². The van der Waals surface area contributed by atoms with E-state index in [0.717, 1.165) is 5.56 Å². The maximum Gasteiger partial charge on any atom is 0.326 e. The van der Waals surface area contributed by atoms with Crippen molar-refractivity contribution in [3.05, 3.63) is 35.9 Å². The molecule has 0 aliphatic rings. The Kier molecular flexibility index (Phi) is 11.2. The maximum absolute atomic E-state index is 12.6. The van der Waals surface area contributed by atoms with Gasteiger partial charge in [0.05, 0.1) is 6.04 Å². The van der Waals surface area contributed by atoms with Gasteiger partial charge in [0.1, 0.15) is 12.1 Å². The summed E-state index contributed by atoms with van der Waals surface area (Å²) in [7, 11) is 0. The Bertz CT molecular complexity index is 812. The summed E-state index contributed by atoms with van der Waals surface area (Å²) in [5, 5.41) is 23.1. The molecule has 10 N–H and O–H groups in total. The van der Waals surface area contributed by atoms with Gasteiger partial charge in [-0.3, -0.25) is 19.4 Å². The molecule has 2 amide bonds. The lowest BCUT2D eigenvalue weighted by molar-refractivity contribution is -0.143. The van der Waals surface area contributed by atoms with Crippen LogP contribution in [0.3, 0.4) is 0 Å². The molecule has 12 nitrogen and oxygen atoms in total. The standard InChI is InChI=1S/C20H30N6O6/c21-13(11-12-5-2-1-3-6-12)17(29)25-14(8-9-16(27)28)18(30)26-15(19(31)32)7-4-10-24-20(22)23/h1-3,5-6,13-15H,4,7-11,21H2,(H,25,29)(H,26,30)(H,27,28)(H,31,32)(H4,22,23,24)/t13-,14-,15-/m0/s1. The number of benzene rings is 1. The summed E-state index contributed by atoms with van der Waals surface area (Å²) in [4.78, 5) is 51.3. The molecule has 0 radical (unpaired) electrons. The number of aliphatic imine (C=N–C) groups is 1. The van der Waals surface area contributed by atoms with Gasteiger partial charge >= 0.3 is 11.9 Å². The molecular formula is C20H30N6O6. The lowest BCUT2D eigenvalue weighted by Gasteiger charge is -2.22.